The Morgan fingerprint density at radius 3 is 2.46 bits per heavy atom. The monoisotopic (exact) mass is 322 g/mol. The van der Waals surface area contributed by atoms with Crippen LogP contribution in [0.3, 0.4) is 0 Å². The lowest BCUT2D eigenvalue weighted by Crippen LogP contribution is -2.23. The first kappa shape index (κ1) is 16.6. The van der Waals surface area contributed by atoms with Crippen LogP contribution in [0, 0.1) is 5.82 Å². The lowest BCUT2D eigenvalue weighted by atomic mass is 10.0. The van der Waals surface area contributed by atoms with Gasteiger partial charge in [0.05, 0.1) is 0 Å². The average molecular weight is 322 g/mol. The Labute approximate surface area is 142 Å². The minimum atomic E-state index is -0.223. The van der Waals surface area contributed by atoms with Crippen LogP contribution >= 0.6 is 0 Å². The highest BCUT2D eigenvalue weighted by molar-refractivity contribution is 5.85. The van der Waals surface area contributed by atoms with Crippen molar-refractivity contribution in [3.05, 3.63) is 83.7 Å². The number of benzene rings is 3. The van der Waals surface area contributed by atoms with E-state index in [1.54, 1.807) is 12.1 Å². The predicted octanol–water partition coefficient (Wildman–Crippen LogP) is 4.20. The van der Waals surface area contributed by atoms with Crippen molar-refractivity contribution in [2.75, 3.05) is 13.1 Å². The van der Waals surface area contributed by atoms with Gasteiger partial charge in [-0.15, -0.1) is 0 Å². The van der Waals surface area contributed by atoms with E-state index >= 15 is 0 Å². The summed E-state index contributed by atoms with van der Waals surface area (Å²) in [5.74, 6) is -0.223. The number of nitrogens with one attached hydrogen (secondary N) is 1. The smallest absolute Gasteiger partial charge is 0.123 e. The summed E-state index contributed by atoms with van der Waals surface area (Å²) >= 11 is 0. The first-order valence-corrected chi connectivity index (χ1v) is 8.42. The third-order valence-electron chi connectivity index (χ3n) is 4.38. The Hall–Kier alpha value is -2.23. The highest BCUT2D eigenvalue weighted by Gasteiger charge is 2.06. The van der Waals surface area contributed by atoms with Crippen molar-refractivity contribution >= 4 is 10.8 Å². The fourth-order valence-electron chi connectivity index (χ4n) is 2.99. The minimum absolute atomic E-state index is 0.0596. The third kappa shape index (κ3) is 4.19. The van der Waals surface area contributed by atoms with Gasteiger partial charge in [-0.1, -0.05) is 54.6 Å². The van der Waals surface area contributed by atoms with Crippen LogP contribution in [0.5, 0.6) is 0 Å². The maximum atomic E-state index is 12.9. The number of hydrogen-bond acceptors (Lipinski definition) is 2. The van der Waals surface area contributed by atoms with E-state index in [4.69, 9.17) is 5.73 Å². The molecule has 3 N–H and O–H groups in total. The second-order valence-electron chi connectivity index (χ2n) is 6.08. The molecule has 24 heavy (non-hydrogen) atoms. The van der Waals surface area contributed by atoms with Crippen molar-refractivity contribution in [2.24, 2.45) is 5.73 Å². The molecule has 0 saturated heterocycles. The normalized spacial score (nSPS) is 12.4. The number of hydrogen-bond donors (Lipinski definition) is 2. The summed E-state index contributed by atoms with van der Waals surface area (Å²) in [6, 6.07) is 21.3. The van der Waals surface area contributed by atoms with Gasteiger partial charge in [-0.05, 0) is 60.0 Å². The Bertz CT molecular complexity index is 778. The van der Waals surface area contributed by atoms with Crippen LogP contribution in [0.15, 0.2) is 66.7 Å². The van der Waals surface area contributed by atoms with Gasteiger partial charge in [0.15, 0.2) is 0 Å². The summed E-state index contributed by atoms with van der Waals surface area (Å²) in [5.41, 5.74) is 8.49. The topological polar surface area (TPSA) is 38.0 Å². The van der Waals surface area contributed by atoms with Crippen molar-refractivity contribution in [2.45, 2.75) is 18.9 Å². The Balaban J connectivity index is 1.46. The van der Waals surface area contributed by atoms with Crippen LogP contribution in [-0.4, -0.2) is 13.1 Å². The molecule has 3 rings (SSSR count). The maximum Gasteiger partial charge on any atom is 0.123 e. The molecule has 0 aliphatic carbocycles. The van der Waals surface area contributed by atoms with Gasteiger partial charge in [-0.3, -0.25) is 0 Å². The van der Waals surface area contributed by atoms with E-state index in [9.17, 15) is 4.39 Å². The second-order valence-corrected chi connectivity index (χ2v) is 6.08. The molecule has 0 saturated carbocycles. The zero-order valence-corrected chi connectivity index (χ0v) is 13.7. The Kier molecular flexibility index (Phi) is 5.57. The van der Waals surface area contributed by atoms with Crippen LogP contribution in [-0.2, 0) is 6.42 Å². The van der Waals surface area contributed by atoms with Gasteiger partial charge >= 0.3 is 0 Å². The zero-order chi connectivity index (χ0) is 16.8. The van der Waals surface area contributed by atoms with E-state index < -0.39 is 0 Å². The van der Waals surface area contributed by atoms with E-state index in [-0.39, 0.29) is 11.9 Å². The maximum absolute atomic E-state index is 12.9. The molecule has 0 bridgehead atoms. The zero-order valence-electron chi connectivity index (χ0n) is 13.7. The summed E-state index contributed by atoms with van der Waals surface area (Å²) < 4.78 is 12.9. The molecule has 0 radical (unpaired) electrons. The molecule has 1 atom stereocenters. The van der Waals surface area contributed by atoms with Gasteiger partial charge in [0.25, 0.3) is 0 Å². The van der Waals surface area contributed by atoms with E-state index in [2.05, 4.69) is 47.8 Å². The van der Waals surface area contributed by atoms with Crippen LogP contribution in [0.2, 0.25) is 0 Å². The first-order chi connectivity index (χ1) is 11.7. The van der Waals surface area contributed by atoms with Crippen molar-refractivity contribution in [3.63, 3.8) is 0 Å². The van der Waals surface area contributed by atoms with Crippen LogP contribution < -0.4 is 11.1 Å². The third-order valence-corrected chi connectivity index (χ3v) is 4.38. The predicted molar refractivity (Wildman–Crippen MR) is 98.5 cm³/mol. The molecule has 0 amide bonds. The van der Waals surface area contributed by atoms with Gasteiger partial charge in [-0.25, -0.2) is 4.39 Å². The lowest BCUT2D eigenvalue weighted by Gasteiger charge is -2.13. The van der Waals surface area contributed by atoms with Gasteiger partial charge in [0.1, 0.15) is 5.82 Å². The van der Waals surface area contributed by atoms with Crippen molar-refractivity contribution in [3.8, 4) is 0 Å². The molecule has 1 unspecified atom stereocenters. The molecular weight excluding hydrogens is 299 g/mol. The molecule has 0 aliphatic rings. The average Bonchev–Trinajstić information content (AvgIpc) is 2.62. The first-order valence-electron chi connectivity index (χ1n) is 8.42. The molecule has 3 aromatic carbocycles. The van der Waals surface area contributed by atoms with Gasteiger partial charge in [0, 0.05) is 6.04 Å². The SMILES string of the molecule is NC(CCNCCc1cccc2ccccc12)c1ccc(F)cc1. The molecular formula is C21H23FN2. The number of rotatable bonds is 7. The van der Waals surface area contributed by atoms with Gasteiger partial charge in [-0.2, -0.15) is 0 Å². The van der Waals surface area contributed by atoms with E-state index in [0.29, 0.717) is 0 Å². The standard InChI is InChI=1S/C21H23FN2/c22-19-10-8-18(9-11-19)21(23)13-15-24-14-12-17-6-3-5-16-4-1-2-7-20(16)17/h1-11,21,24H,12-15,23H2. The van der Waals surface area contributed by atoms with Crippen LogP contribution in [0.4, 0.5) is 4.39 Å². The minimum Gasteiger partial charge on any atom is -0.324 e. The Morgan fingerprint density at radius 1 is 0.875 bits per heavy atom. The molecule has 3 heteroatoms. The lowest BCUT2D eigenvalue weighted by molar-refractivity contribution is 0.578. The summed E-state index contributed by atoms with van der Waals surface area (Å²) in [6.45, 7) is 1.77. The van der Waals surface area contributed by atoms with Gasteiger partial charge < -0.3 is 11.1 Å². The quantitative estimate of drug-likeness (QED) is 0.640. The fourth-order valence-corrected chi connectivity index (χ4v) is 2.99. The second kappa shape index (κ2) is 8.04. The summed E-state index contributed by atoms with van der Waals surface area (Å²) in [4.78, 5) is 0. The van der Waals surface area contributed by atoms with E-state index in [1.807, 2.05) is 0 Å². The summed E-state index contributed by atoms with van der Waals surface area (Å²) in [7, 11) is 0. The van der Waals surface area contributed by atoms with Crippen molar-refractivity contribution in [1.29, 1.82) is 0 Å². The van der Waals surface area contributed by atoms with Crippen molar-refractivity contribution < 1.29 is 4.39 Å². The molecule has 0 heterocycles. The molecule has 0 aromatic heterocycles. The molecule has 0 spiro atoms. The largest absolute Gasteiger partial charge is 0.324 e. The van der Waals surface area contributed by atoms with Crippen molar-refractivity contribution in [1.82, 2.24) is 5.32 Å². The molecule has 124 valence electrons. The highest BCUT2D eigenvalue weighted by Crippen LogP contribution is 2.18. The number of halogens is 1. The number of fused-ring (bicyclic) bond motifs is 1. The summed E-state index contributed by atoms with van der Waals surface area (Å²) in [6.07, 6.45) is 1.83. The van der Waals surface area contributed by atoms with Crippen LogP contribution in [0.25, 0.3) is 10.8 Å². The van der Waals surface area contributed by atoms with E-state index in [0.717, 1.165) is 31.5 Å². The molecule has 0 fully saturated rings. The highest BCUT2D eigenvalue weighted by atomic mass is 19.1. The van der Waals surface area contributed by atoms with E-state index in [1.165, 1.54) is 28.5 Å². The molecule has 0 aliphatic heterocycles. The Morgan fingerprint density at radius 2 is 1.62 bits per heavy atom. The molecule has 2 nitrogen and oxygen atoms in total. The summed E-state index contributed by atoms with van der Waals surface area (Å²) in [5, 5.41) is 6.07. The van der Waals surface area contributed by atoms with Gasteiger partial charge in [0.2, 0.25) is 0 Å². The fraction of sp³-hybridized carbons (Fsp3) is 0.238. The van der Waals surface area contributed by atoms with Crippen LogP contribution in [0.1, 0.15) is 23.6 Å². The number of nitrogens with two attached hydrogens (primary N) is 1. The molecule has 3 aromatic rings.